The van der Waals surface area contributed by atoms with Crippen molar-refractivity contribution in [1.29, 1.82) is 0 Å². The van der Waals surface area contributed by atoms with Crippen LogP contribution < -0.4 is 5.32 Å². The zero-order chi connectivity index (χ0) is 44.1. The third-order valence-corrected chi connectivity index (χ3v) is 13.7. The van der Waals surface area contributed by atoms with E-state index in [0.29, 0.717) is 11.1 Å². The van der Waals surface area contributed by atoms with Gasteiger partial charge in [-0.3, -0.25) is 14.4 Å². The lowest BCUT2D eigenvalue weighted by atomic mass is 9.44. The van der Waals surface area contributed by atoms with Gasteiger partial charge in [-0.1, -0.05) is 80.6 Å². The van der Waals surface area contributed by atoms with Crippen LogP contribution in [0.4, 0.5) is 0 Å². The highest BCUT2D eigenvalue weighted by Crippen LogP contribution is 2.64. The second-order valence-electron chi connectivity index (χ2n) is 17.1. The van der Waals surface area contributed by atoms with Crippen LogP contribution in [0.15, 0.2) is 102 Å². The number of ketones is 1. The van der Waals surface area contributed by atoms with Crippen LogP contribution >= 0.6 is 9.24 Å². The third-order valence-electron chi connectivity index (χ3n) is 13.5. The largest absolute Gasteiger partial charge is 0.456 e. The fraction of sp³-hybridized carbons (Fsp3) is 0.457. The summed E-state index contributed by atoms with van der Waals surface area (Å²) in [4.78, 5) is 70.5. The van der Waals surface area contributed by atoms with Gasteiger partial charge in [0, 0.05) is 30.7 Å². The number of ether oxygens (including phenoxy) is 5. The fourth-order valence-corrected chi connectivity index (χ4v) is 10.4. The molecule has 324 valence electrons. The number of nitrogens with one attached hydrogen (secondary N) is 1. The Labute approximate surface area is 356 Å². The number of hydrogen-bond donors (Lipinski definition) is 4. The molecule has 2 bridgehead atoms. The monoisotopic (exact) mass is 857 g/mol. The van der Waals surface area contributed by atoms with E-state index in [0.717, 1.165) is 0 Å². The number of aliphatic hydroxyl groups is 3. The second-order valence-corrected chi connectivity index (χ2v) is 17.4. The SMILES string of the molecule is CC(=O)O[C@@]12CO[C@@H]1C[C@H](O)[C@@]1(C)C(=O)[C@H](OCP)C3=C(C)[C@@H](OC(=O)[C@H](O)C(NC(=O)c4ccccc4)c4ccccc4)C[C@@](O)([C@@H](OC(=O)c4ccccc4)[C@H]21)C3(C)C. The first-order valence-electron chi connectivity index (χ1n) is 20.3. The molecule has 0 spiro atoms. The molecule has 12 atom stereocenters. The highest BCUT2D eigenvalue weighted by Gasteiger charge is 2.78. The molecule has 4 aliphatic rings. The number of amides is 1. The summed E-state index contributed by atoms with van der Waals surface area (Å²) in [6.45, 7) is 7.39. The number of carbonyl (C=O) groups is 5. The molecule has 3 aromatic carbocycles. The van der Waals surface area contributed by atoms with E-state index >= 15 is 4.79 Å². The Morgan fingerprint density at radius 2 is 1.51 bits per heavy atom. The molecule has 14 nitrogen and oxygen atoms in total. The molecule has 1 aliphatic heterocycles. The van der Waals surface area contributed by atoms with Gasteiger partial charge < -0.3 is 44.3 Å². The molecule has 1 amide bonds. The molecule has 15 heteroatoms. The smallest absolute Gasteiger partial charge is 0.338 e. The zero-order valence-electron chi connectivity index (χ0n) is 34.6. The summed E-state index contributed by atoms with van der Waals surface area (Å²) in [5.74, 6) is -5.42. The van der Waals surface area contributed by atoms with E-state index in [1.807, 2.05) is 0 Å². The maximum atomic E-state index is 15.5. The Balaban J connectivity index is 1.37. The van der Waals surface area contributed by atoms with Gasteiger partial charge in [-0.05, 0) is 54.8 Å². The minimum atomic E-state index is -2.28. The van der Waals surface area contributed by atoms with Crippen molar-refractivity contribution in [2.75, 3.05) is 13.0 Å². The van der Waals surface area contributed by atoms with Gasteiger partial charge >= 0.3 is 17.9 Å². The van der Waals surface area contributed by atoms with E-state index in [1.165, 1.54) is 26.0 Å². The van der Waals surface area contributed by atoms with Gasteiger partial charge in [0.2, 0.25) is 0 Å². The molecule has 1 saturated heterocycles. The van der Waals surface area contributed by atoms with Crippen molar-refractivity contribution in [2.24, 2.45) is 16.7 Å². The maximum Gasteiger partial charge on any atom is 0.338 e. The number of rotatable bonds is 11. The lowest BCUT2D eigenvalue weighted by Crippen LogP contribution is -2.81. The highest BCUT2D eigenvalue weighted by molar-refractivity contribution is 7.16. The van der Waals surface area contributed by atoms with Crippen LogP contribution in [-0.4, -0.2) is 106 Å². The standard InChI is InChI=1S/C46H52NO13P/c1-25-30(58-42(54)35(50)34(27-15-9-6-10-16-27)47-40(52)28-17-11-7-12-18-28)22-46(55)39(59-41(53)29-19-13-8-14-20-29)37-44(5,38(51)36(57-24-61)33(25)43(46,3)4)31(49)21-32-45(37,23-56-32)60-26(2)48/h6-20,30-32,34-37,39,49-50,55H,21-24,61H2,1-5H3,(H,47,52)/t30-,31-,32+,34?,35+,36+,37-,39-,44+,45-,46+/m0/s1. The summed E-state index contributed by atoms with van der Waals surface area (Å²) in [6.07, 6.45) is -9.63. The first-order valence-corrected chi connectivity index (χ1v) is 21.1. The van der Waals surface area contributed by atoms with E-state index in [9.17, 15) is 34.5 Å². The first-order chi connectivity index (χ1) is 28.9. The predicted octanol–water partition coefficient (Wildman–Crippen LogP) is 4.02. The minimum Gasteiger partial charge on any atom is -0.456 e. The minimum absolute atomic E-state index is 0.0746. The number of esters is 3. The molecule has 7 rings (SSSR count). The van der Waals surface area contributed by atoms with Gasteiger partial charge in [0.15, 0.2) is 17.5 Å². The first kappa shape index (κ1) is 44.2. The van der Waals surface area contributed by atoms with Crippen LogP contribution in [0, 0.1) is 16.7 Å². The average Bonchev–Trinajstić information content (AvgIpc) is 3.24. The summed E-state index contributed by atoms with van der Waals surface area (Å²) in [6, 6.07) is 23.4. The number of carbonyl (C=O) groups excluding carboxylic acids is 5. The molecule has 3 aromatic rings. The quantitative estimate of drug-likeness (QED) is 0.0933. The van der Waals surface area contributed by atoms with Gasteiger partial charge in [0.1, 0.15) is 30.0 Å². The van der Waals surface area contributed by atoms with Crippen LogP contribution in [0.25, 0.3) is 0 Å². The lowest BCUT2D eigenvalue weighted by Gasteiger charge is -2.67. The van der Waals surface area contributed by atoms with Crippen molar-refractivity contribution in [3.63, 3.8) is 0 Å². The Morgan fingerprint density at radius 3 is 2.07 bits per heavy atom. The van der Waals surface area contributed by atoms with Crippen LogP contribution in [0.5, 0.6) is 0 Å². The van der Waals surface area contributed by atoms with Crippen molar-refractivity contribution in [1.82, 2.24) is 5.32 Å². The van der Waals surface area contributed by atoms with Crippen LogP contribution in [0.2, 0.25) is 0 Å². The van der Waals surface area contributed by atoms with Crippen molar-refractivity contribution >= 4 is 38.8 Å². The Kier molecular flexibility index (Phi) is 12.2. The molecule has 2 unspecified atom stereocenters. The topological polar surface area (TPSA) is 204 Å². The summed E-state index contributed by atoms with van der Waals surface area (Å²) in [5, 5.41) is 40.3. The Hall–Kier alpha value is -4.82. The van der Waals surface area contributed by atoms with E-state index in [2.05, 4.69) is 14.6 Å². The van der Waals surface area contributed by atoms with Crippen molar-refractivity contribution in [3.8, 4) is 0 Å². The number of hydrogen-bond acceptors (Lipinski definition) is 13. The molecule has 3 fully saturated rings. The van der Waals surface area contributed by atoms with Gasteiger partial charge in [-0.2, -0.15) is 0 Å². The van der Waals surface area contributed by atoms with E-state index in [1.54, 1.807) is 99.6 Å². The van der Waals surface area contributed by atoms with E-state index in [-0.39, 0.29) is 36.1 Å². The molecule has 1 heterocycles. The maximum absolute atomic E-state index is 15.5. The average molecular weight is 858 g/mol. The molecular weight excluding hydrogens is 805 g/mol. The summed E-state index contributed by atoms with van der Waals surface area (Å²) >= 11 is 0. The van der Waals surface area contributed by atoms with Crippen LogP contribution in [0.3, 0.4) is 0 Å². The second kappa shape index (κ2) is 16.8. The normalized spacial score (nSPS) is 32.3. The van der Waals surface area contributed by atoms with Crippen molar-refractivity contribution in [2.45, 2.75) is 101 Å². The lowest BCUT2D eigenvalue weighted by molar-refractivity contribution is -0.346. The fourth-order valence-electron chi connectivity index (χ4n) is 10.2. The summed E-state index contributed by atoms with van der Waals surface area (Å²) in [7, 11) is 2.40. The molecule has 61 heavy (non-hydrogen) atoms. The molecule has 3 aliphatic carbocycles. The molecule has 0 aromatic heterocycles. The number of aliphatic hydroxyl groups excluding tert-OH is 2. The van der Waals surface area contributed by atoms with E-state index in [4.69, 9.17) is 23.7 Å². The molecular formula is C46H52NO13P. The van der Waals surface area contributed by atoms with Gasteiger partial charge in [0.05, 0.1) is 42.0 Å². The van der Waals surface area contributed by atoms with Gasteiger partial charge in [-0.15, -0.1) is 9.24 Å². The van der Waals surface area contributed by atoms with Crippen molar-refractivity contribution < 1.29 is 63.0 Å². The molecule has 0 radical (unpaired) electrons. The number of benzene rings is 3. The summed E-state index contributed by atoms with van der Waals surface area (Å²) < 4.78 is 30.8. The third kappa shape index (κ3) is 7.40. The van der Waals surface area contributed by atoms with Gasteiger partial charge in [0.25, 0.3) is 5.91 Å². The van der Waals surface area contributed by atoms with Gasteiger partial charge in [-0.25, -0.2) is 9.59 Å². The predicted molar refractivity (Wildman–Crippen MR) is 222 cm³/mol. The molecule has 4 N–H and O–H groups in total. The zero-order valence-corrected chi connectivity index (χ0v) is 35.8. The van der Waals surface area contributed by atoms with E-state index < -0.39 is 107 Å². The number of fused-ring (bicyclic) bond motifs is 5. The summed E-state index contributed by atoms with van der Waals surface area (Å²) in [5.41, 5.74) is -6.04. The van der Waals surface area contributed by atoms with Crippen molar-refractivity contribution in [3.05, 3.63) is 119 Å². The Morgan fingerprint density at radius 1 is 0.918 bits per heavy atom. The van der Waals surface area contributed by atoms with Crippen LogP contribution in [-0.2, 0) is 38.1 Å². The number of Topliss-reactive ketones (excluding diaryl/α,β-unsaturated/α-hetero) is 1. The Bertz CT molecular complexity index is 2200. The molecule has 2 saturated carbocycles. The van der Waals surface area contributed by atoms with Crippen LogP contribution in [0.1, 0.15) is 79.8 Å². The highest BCUT2D eigenvalue weighted by atomic mass is 31.0.